The molecule has 0 aliphatic carbocycles. The molecule has 0 saturated heterocycles. The summed E-state index contributed by atoms with van der Waals surface area (Å²) in [6.07, 6.45) is 10.6. The van der Waals surface area contributed by atoms with E-state index < -0.39 is 0 Å². The first-order valence-corrected chi connectivity index (χ1v) is 13.4. The zero-order valence-electron chi connectivity index (χ0n) is 20.1. The van der Waals surface area contributed by atoms with Crippen LogP contribution < -0.4 is 0 Å². The van der Waals surface area contributed by atoms with Crippen molar-refractivity contribution in [2.75, 3.05) is 0 Å². The predicted molar refractivity (Wildman–Crippen MR) is 150 cm³/mol. The fourth-order valence-electron chi connectivity index (χ4n) is 3.35. The van der Waals surface area contributed by atoms with Crippen molar-refractivity contribution in [3.8, 4) is 0 Å². The number of carbonyl (C=O) groups is 2. The van der Waals surface area contributed by atoms with Gasteiger partial charge in [0, 0.05) is 0 Å². The van der Waals surface area contributed by atoms with E-state index >= 15 is 0 Å². The van der Waals surface area contributed by atoms with Gasteiger partial charge in [0.1, 0.15) is 0 Å². The van der Waals surface area contributed by atoms with Gasteiger partial charge < -0.3 is 0 Å². The quantitative estimate of drug-likeness (QED) is 0.144. The minimum absolute atomic E-state index is 0.111. The van der Waals surface area contributed by atoms with E-state index in [-0.39, 0.29) is 29.5 Å². The van der Waals surface area contributed by atoms with Crippen LogP contribution in [0.1, 0.15) is 22.3 Å². The van der Waals surface area contributed by atoms with Gasteiger partial charge in [0.05, 0.1) is 0 Å². The first-order valence-electron chi connectivity index (χ1n) is 11.8. The van der Waals surface area contributed by atoms with Crippen LogP contribution in [-0.2, 0) is 27.6 Å². The second-order valence-electron chi connectivity index (χ2n) is 8.03. The molecule has 0 N–H and O–H groups in total. The first-order chi connectivity index (χ1) is 18.2. The van der Waals surface area contributed by atoms with E-state index in [1.165, 1.54) is 0 Å². The van der Waals surface area contributed by atoms with Crippen molar-refractivity contribution in [2.24, 2.45) is 0 Å². The normalized spacial score (nSPS) is 12.3. The number of rotatable bonds is 10. The average Bonchev–Trinajstić information content (AvgIpc) is 2.96. The van der Waals surface area contributed by atoms with E-state index in [0.717, 1.165) is 22.3 Å². The minimum atomic E-state index is -0.379. The number of carbonyl (C=O) groups excluding carboxylic acids is 2. The molecule has 0 spiro atoms. The molecule has 0 fully saturated rings. The van der Waals surface area contributed by atoms with Crippen LogP contribution in [0, 0.1) is 0 Å². The molecule has 0 saturated carbocycles. The summed E-state index contributed by atoms with van der Waals surface area (Å²) < 4.78 is 1.19. The van der Waals surface area contributed by atoms with Crippen LogP contribution in [-0.4, -0.2) is 11.6 Å². The summed E-state index contributed by atoms with van der Waals surface area (Å²) in [5.41, 5.74) is 3.73. The molecule has 0 radical (unpaired) electrons. The summed E-state index contributed by atoms with van der Waals surface area (Å²) in [4.78, 5) is 26.8. The van der Waals surface area contributed by atoms with Crippen LogP contribution in [0.5, 0.6) is 0 Å². The van der Waals surface area contributed by atoms with Gasteiger partial charge in [-0.3, -0.25) is 0 Å². The van der Waals surface area contributed by atoms with Gasteiger partial charge in [-0.1, -0.05) is 0 Å². The molecule has 4 rings (SSSR count). The van der Waals surface area contributed by atoms with Gasteiger partial charge in [-0.2, -0.15) is 0 Å². The molecule has 0 atom stereocenters. The van der Waals surface area contributed by atoms with E-state index in [1.807, 2.05) is 146 Å². The van der Waals surface area contributed by atoms with Crippen molar-refractivity contribution in [2.45, 2.75) is 0 Å². The van der Waals surface area contributed by atoms with Gasteiger partial charge >= 0.3 is 227 Å². The Morgan fingerprint density at radius 1 is 0.432 bits per heavy atom. The Balaban J connectivity index is 1.68. The molecule has 0 aliphatic heterocycles. The van der Waals surface area contributed by atoms with E-state index in [2.05, 4.69) is 0 Å². The third-order valence-corrected chi connectivity index (χ3v) is 7.28. The third kappa shape index (κ3) is 8.48. The van der Waals surface area contributed by atoms with E-state index in [0.29, 0.717) is 8.09 Å². The molecule has 3 heteroatoms. The average molecular weight is 573 g/mol. The van der Waals surface area contributed by atoms with Crippen molar-refractivity contribution >= 4 is 35.9 Å². The van der Waals surface area contributed by atoms with Gasteiger partial charge in [-0.05, 0) is 0 Å². The van der Waals surface area contributed by atoms with Crippen molar-refractivity contribution in [3.05, 3.63) is 164 Å². The standard InChI is InChI=1S/2C17H13O.Pd/c2*18-17(13-11-15-7-3-1-4-8-15)14-12-16-9-5-2-6-10-16;/h2*1-13H;/b2*13-11+,14-12?;. The van der Waals surface area contributed by atoms with Crippen molar-refractivity contribution in [1.29, 1.82) is 0 Å². The molecule has 4 aromatic carbocycles. The molecule has 2 nitrogen and oxygen atoms in total. The molecule has 0 aliphatic rings. The summed E-state index contributed by atoms with van der Waals surface area (Å²) in [6, 6.07) is 38.9. The molecule has 0 heterocycles. The fourth-order valence-corrected chi connectivity index (χ4v) is 5.19. The molecule has 0 amide bonds. The summed E-state index contributed by atoms with van der Waals surface area (Å²) >= 11 is -0.379. The van der Waals surface area contributed by atoms with E-state index in [9.17, 15) is 9.59 Å². The SMILES string of the molecule is O=C(/C=C/c1ccccc1)/[C](=C/c1ccccc1)[Pd]/[C](=C\c1ccccc1)C(=O)/C=C/c1ccccc1. The second kappa shape index (κ2) is 13.8. The van der Waals surface area contributed by atoms with Crippen LogP contribution in [0.15, 0.2) is 142 Å². The monoisotopic (exact) mass is 572 g/mol. The molecular weight excluding hydrogens is 547 g/mol. The zero-order valence-corrected chi connectivity index (χ0v) is 21.7. The van der Waals surface area contributed by atoms with Gasteiger partial charge in [0.15, 0.2) is 0 Å². The third-order valence-electron chi connectivity index (χ3n) is 5.23. The van der Waals surface area contributed by atoms with Crippen molar-refractivity contribution in [1.82, 2.24) is 0 Å². The van der Waals surface area contributed by atoms with Crippen molar-refractivity contribution in [3.63, 3.8) is 0 Å². The molecule has 4 aromatic rings. The Kier molecular flexibility index (Phi) is 9.67. The number of benzene rings is 4. The Morgan fingerprint density at radius 2 is 0.730 bits per heavy atom. The maximum atomic E-state index is 13.4. The van der Waals surface area contributed by atoms with Gasteiger partial charge in [-0.15, -0.1) is 0 Å². The number of hydrogen-bond acceptors (Lipinski definition) is 2. The Bertz CT molecular complexity index is 1320. The summed E-state index contributed by atoms with van der Waals surface area (Å²) in [6.45, 7) is 0. The molecule has 184 valence electrons. The maximum absolute atomic E-state index is 13.4. The molecule has 0 bridgehead atoms. The number of ketones is 2. The van der Waals surface area contributed by atoms with Crippen LogP contribution >= 0.6 is 0 Å². The van der Waals surface area contributed by atoms with Gasteiger partial charge in [0.25, 0.3) is 0 Å². The summed E-state index contributed by atoms with van der Waals surface area (Å²) in [5, 5.41) is 0. The molecule has 0 unspecified atom stereocenters. The topological polar surface area (TPSA) is 34.1 Å². The first kappa shape index (κ1) is 25.9. The van der Waals surface area contributed by atoms with Crippen LogP contribution in [0.4, 0.5) is 0 Å². The number of allylic oxidation sites excluding steroid dienone is 4. The van der Waals surface area contributed by atoms with Gasteiger partial charge in [0.2, 0.25) is 0 Å². The van der Waals surface area contributed by atoms with Crippen molar-refractivity contribution < 1.29 is 27.6 Å². The molecule has 0 aromatic heterocycles. The van der Waals surface area contributed by atoms with E-state index in [1.54, 1.807) is 12.2 Å². The fraction of sp³-hybridized carbons (Fsp3) is 0. The molecular formula is C34H26O2Pd. The Labute approximate surface area is 226 Å². The summed E-state index contributed by atoms with van der Waals surface area (Å²) in [5.74, 6) is -0.221. The van der Waals surface area contributed by atoms with Crippen LogP contribution in [0.2, 0.25) is 0 Å². The summed E-state index contributed by atoms with van der Waals surface area (Å²) in [7, 11) is 0. The Morgan fingerprint density at radius 3 is 1.05 bits per heavy atom. The van der Waals surface area contributed by atoms with E-state index in [4.69, 9.17) is 0 Å². The number of hydrogen-bond donors (Lipinski definition) is 0. The van der Waals surface area contributed by atoms with Gasteiger partial charge in [-0.25, -0.2) is 0 Å². The Hall–Kier alpha value is -4.16. The molecule has 37 heavy (non-hydrogen) atoms. The van der Waals surface area contributed by atoms with Crippen LogP contribution in [0.3, 0.4) is 0 Å². The van der Waals surface area contributed by atoms with Crippen LogP contribution in [0.25, 0.3) is 24.3 Å². The second-order valence-corrected chi connectivity index (χ2v) is 10.1. The zero-order chi connectivity index (χ0) is 25.7. The predicted octanol–water partition coefficient (Wildman–Crippen LogP) is 7.72.